The van der Waals surface area contributed by atoms with Crippen LogP contribution in [0.4, 0.5) is 0 Å². The van der Waals surface area contributed by atoms with E-state index in [1.807, 2.05) is 6.07 Å². The lowest BCUT2D eigenvalue weighted by Crippen LogP contribution is -2.00. The molecule has 0 N–H and O–H groups in total. The molecule has 0 amide bonds. The molecule has 0 atom stereocenters. The highest BCUT2D eigenvalue weighted by Gasteiger charge is 2.15. The van der Waals surface area contributed by atoms with Crippen molar-refractivity contribution in [2.45, 2.75) is 0 Å². The van der Waals surface area contributed by atoms with Crippen LogP contribution >= 0.6 is 0 Å². The second-order valence-electron chi connectivity index (χ2n) is 12.1. The summed E-state index contributed by atoms with van der Waals surface area (Å²) in [5.74, 6) is 1.95. The van der Waals surface area contributed by atoms with Gasteiger partial charge < -0.3 is 0 Å². The summed E-state index contributed by atoms with van der Waals surface area (Å²) in [7, 11) is 0. The van der Waals surface area contributed by atoms with Crippen molar-refractivity contribution in [1.82, 2.24) is 15.0 Å². The number of fused-ring (bicyclic) bond motifs is 3. The van der Waals surface area contributed by atoms with Crippen molar-refractivity contribution in [2.75, 3.05) is 0 Å². The monoisotopic (exact) mass is 611 g/mol. The van der Waals surface area contributed by atoms with Gasteiger partial charge in [0.15, 0.2) is 17.5 Å². The molecule has 0 aliphatic rings. The van der Waals surface area contributed by atoms with Crippen molar-refractivity contribution in [3.8, 4) is 56.4 Å². The summed E-state index contributed by atoms with van der Waals surface area (Å²) in [4.78, 5) is 15.3. The predicted molar refractivity (Wildman–Crippen MR) is 200 cm³/mol. The normalized spacial score (nSPS) is 11.3. The van der Waals surface area contributed by atoms with Gasteiger partial charge in [0, 0.05) is 16.7 Å². The second-order valence-corrected chi connectivity index (χ2v) is 12.1. The van der Waals surface area contributed by atoms with E-state index >= 15 is 0 Å². The van der Waals surface area contributed by atoms with Crippen LogP contribution in [0.1, 0.15) is 0 Å². The van der Waals surface area contributed by atoms with Crippen molar-refractivity contribution in [1.29, 1.82) is 0 Å². The third-order valence-corrected chi connectivity index (χ3v) is 9.12. The first kappa shape index (κ1) is 27.8. The van der Waals surface area contributed by atoms with Gasteiger partial charge in [-0.3, -0.25) is 0 Å². The van der Waals surface area contributed by atoms with Gasteiger partial charge in [-0.25, -0.2) is 15.0 Å². The fourth-order valence-corrected chi connectivity index (χ4v) is 6.65. The summed E-state index contributed by atoms with van der Waals surface area (Å²) in [5.41, 5.74) is 7.61. The second kappa shape index (κ2) is 11.7. The standard InChI is InChI=1S/C45H29N3/c1-2-10-30(11-3-1)31-20-24-35(25-21-31)43-46-44(48-45(47-43)42-19-9-15-34-13-5-7-17-40(34)42)37-27-23-32-22-26-36(28-38(32)29-37)41-18-8-14-33-12-4-6-16-39(33)41/h1-29H. The molecular formula is C45H29N3. The Morgan fingerprint density at radius 2 is 0.729 bits per heavy atom. The van der Waals surface area contributed by atoms with Gasteiger partial charge in [0.2, 0.25) is 0 Å². The Hall–Kier alpha value is -6.45. The first-order valence-electron chi connectivity index (χ1n) is 16.2. The highest BCUT2D eigenvalue weighted by Crippen LogP contribution is 2.34. The Kier molecular flexibility index (Phi) is 6.80. The Labute approximate surface area is 278 Å². The first-order valence-corrected chi connectivity index (χ1v) is 16.2. The number of nitrogens with zero attached hydrogens (tertiary/aromatic N) is 3. The molecule has 0 saturated carbocycles. The summed E-state index contributed by atoms with van der Waals surface area (Å²) in [5, 5.41) is 7.05. The maximum absolute atomic E-state index is 5.12. The molecule has 224 valence electrons. The van der Waals surface area contributed by atoms with Crippen LogP contribution in [0, 0.1) is 0 Å². The van der Waals surface area contributed by atoms with Crippen molar-refractivity contribution < 1.29 is 0 Å². The Bertz CT molecular complexity index is 2600. The molecule has 0 radical (unpaired) electrons. The molecule has 3 heteroatoms. The zero-order valence-electron chi connectivity index (χ0n) is 26.1. The van der Waals surface area contributed by atoms with Crippen LogP contribution in [-0.2, 0) is 0 Å². The predicted octanol–water partition coefficient (Wildman–Crippen LogP) is 11.7. The van der Waals surface area contributed by atoms with E-state index in [-0.39, 0.29) is 0 Å². The van der Waals surface area contributed by atoms with Gasteiger partial charge in [-0.1, -0.05) is 164 Å². The van der Waals surface area contributed by atoms with Crippen molar-refractivity contribution in [2.24, 2.45) is 0 Å². The molecule has 0 spiro atoms. The quantitative estimate of drug-likeness (QED) is 0.194. The van der Waals surface area contributed by atoms with E-state index in [2.05, 4.69) is 170 Å². The van der Waals surface area contributed by atoms with Crippen LogP contribution in [0.15, 0.2) is 176 Å². The molecule has 1 aromatic heterocycles. The molecule has 0 saturated heterocycles. The largest absolute Gasteiger partial charge is 0.208 e. The molecular weight excluding hydrogens is 583 g/mol. The van der Waals surface area contributed by atoms with Gasteiger partial charge in [0.05, 0.1) is 0 Å². The molecule has 48 heavy (non-hydrogen) atoms. The Balaban J connectivity index is 1.20. The van der Waals surface area contributed by atoms with Crippen LogP contribution in [0.5, 0.6) is 0 Å². The minimum atomic E-state index is 0.646. The lowest BCUT2D eigenvalue weighted by atomic mass is 9.95. The maximum atomic E-state index is 5.12. The van der Waals surface area contributed by atoms with Crippen molar-refractivity contribution in [3.05, 3.63) is 176 Å². The molecule has 9 aromatic rings. The van der Waals surface area contributed by atoms with E-state index in [9.17, 15) is 0 Å². The van der Waals surface area contributed by atoms with Gasteiger partial charge in [0.1, 0.15) is 0 Å². The summed E-state index contributed by atoms with van der Waals surface area (Å²) < 4.78 is 0. The van der Waals surface area contributed by atoms with Crippen LogP contribution in [0.25, 0.3) is 88.7 Å². The summed E-state index contributed by atoms with van der Waals surface area (Å²) in [6.45, 7) is 0. The molecule has 0 fully saturated rings. The summed E-state index contributed by atoms with van der Waals surface area (Å²) in [6.07, 6.45) is 0. The number of benzene rings is 8. The van der Waals surface area contributed by atoms with Gasteiger partial charge in [-0.05, 0) is 66.7 Å². The van der Waals surface area contributed by atoms with Crippen molar-refractivity contribution >= 4 is 32.3 Å². The van der Waals surface area contributed by atoms with E-state index in [1.54, 1.807) is 0 Å². The van der Waals surface area contributed by atoms with Crippen LogP contribution in [-0.4, -0.2) is 15.0 Å². The fourth-order valence-electron chi connectivity index (χ4n) is 6.65. The number of aromatic nitrogens is 3. The van der Waals surface area contributed by atoms with E-state index in [0.717, 1.165) is 38.4 Å². The van der Waals surface area contributed by atoms with Gasteiger partial charge >= 0.3 is 0 Å². The molecule has 3 nitrogen and oxygen atoms in total. The maximum Gasteiger partial charge on any atom is 0.164 e. The topological polar surface area (TPSA) is 38.7 Å². The SMILES string of the molecule is c1ccc(-c2ccc(-c3nc(-c4ccc5ccc(-c6cccc7ccccc67)cc5c4)nc(-c4cccc5ccccc45)n3)cc2)cc1. The molecule has 9 rings (SSSR count). The van der Waals surface area contributed by atoms with Gasteiger partial charge in [-0.15, -0.1) is 0 Å². The lowest BCUT2D eigenvalue weighted by molar-refractivity contribution is 1.08. The van der Waals surface area contributed by atoms with E-state index in [1.165, 1.54) is 32.8 Å². The molecule has 0 aliphatic carbocycles. The lowest BCUT2D eigenvalue weighted by Gasteiger charge is -2.12. The van der Waals surface area contributed by atoms with Crippen molar-refractivity contribution in [3.63, 3.8) is 0 Å². The summed E-state index contributed by atoms with van der Waals surface area (Å²) >= 11 is 0. The van der Waals surface area contributed by atoms with Crippen LogP contribution in [0.2, 0.25) is 0 Å². The van der Waals surface area contributed by atoms with E-state index < -0.39 is 0 Å². The smallest absolute Gasteiger partial charge is 0.164 e. The molecule has 0 bridgehead atoms. The average Bonchev–Trinajstić information content (AvgIpc) is 3.17. The third-order valence-electron chi connectivity index (χ3n) is 9.12. The Morgan fingerprint density at radius 3 is 1.46 bits per heavy atom. The molecule has 0 unspecified atom stereocenters. The molecule has 8 aromatic carbocycles. The Morgan fingerprint density at radius 1 is 0.250 bits per heavy atom. The third kappa shape index (κ3) is 5.08. The number of rotatable bonds is 5. The van der Waals surface area contributed by atoms with E-state index in [4.69, 9.17) is 15.0 Å². The zero-order chi connectivity index (χ0) is 31.9. The van der Waals surface area contributed by atoms with Crippen LogP contribution in [0.3, 0.4) is 0 Å². The highest BCUT2D eigenvalue weighted by molar-refractivity contribution is 6.00. The van der Waals surface area contributed by atoms with Gasteiger partial charge in [0.25, 0.3) is 0 Å². The average molecular weight is 612 g/mol. The highest BCUT2D eigenvalue weighted by atomic mass is 15.0. The molecule has 1 heterocycles. The number of hydrogen-bond donors (Lipinski definition) is 0. The number of hydrogen-bond acceptors (Lipinski definition) is 3. The fraction of sp³-hybridized carbons (Fsp3) is 0. The summed E-state index contributed by atoms with van der Waals surface area (Å²) in [6, 6.07) is 61.8. The van der Waals surface area contributed by atoms with Crippen LogP contribution < -0.4 is 0 Å². The first-order chi connectivity index (χ1) is 23.8. The van der Waals surface area contributed by atoms with E-state index in [0.29, 0.717) is 17.5 Å². The minimum Gasteiger partial charge on any atom is -0.208 e. The minimum absolute atomic E-state index is 0.646. The zero-order valence-corrected chi connectivity index (χ0v) is 26.1. The molecule has 0 aliphatic heterocycles. The van der Waals surface area contributed by atoms with Gasteiger partial charge in [-0.2, -0.15) is 0 Å².